The number of allylic oxidation sites excluding steroid dienone is 9. The molecule has 0 radical (unpaired) electrons. The highest BCUT2D eigenvalue weighted by Crippen LogP contribution is 2.66. The van der Waals surface area contributed by atoms with Crippen molar-refractivity contribution in [2.24, 2.45) is 57.7 Å². The Morgan fingerprint density at radius 1 is 0.784 bits per heavy atom. The minimum absolute atomic E-state index is 0.224. The Labute approximate surface area is 229 Å². The monoisotopic (exact) mass is 500 g/mol. The van der Waals surface area contributed by atoms with Gasteiger partial charge in [0.15, 0.2) is 0 Å². The van der Waals surface area contributed by atoms with E-state index in [2.05, 4.69) is 90.7 Å². The highest BCUT2D eigenvalue weighted by atomic mass is 14.6. The molecular formula is C37H56. The van der Waals surface area contributed by atoms with Gasteiger partial charge >= 0.3 is 0 Å². The Morgan fingerprint density at radius 3 is 1.81 bits per heavy atom. The quantitative estimate of drug-likeness (QED) is 0.260. The fraction of sp³-hybridized carbons (Fsp3) is 0.730. The van der Waals surface area contributed by atoms with Crippen LogP contribution in [0.15, 0.2) is 60.3 Å². The van der Waals surface area contributed by atoms with E-state index in [1.807, 2.05) is 0 Å². The first-order valence-corrected chi connectivity index (χ1v) is 16.0. The molecular weight excluding hydrogens is 444 g/mol. The van der Waals surface area contributed by atoms with E-state index in [0.717, 1.165) is 17.8 Å². The van der Waals surface area contributed by atoms with Gasteiger partial charge in [-0.05, 0) is 107 Å². The molecule has 37 heavy (non-hydrogen) atoms. The number of fused-ring (bicyclic) bond motifs is 3. The Balaban J connectivity index is 1.60. The second kappa shape index (κ2) is 10.4. The molecule has 0 aliphatic heterocycles. The SMILES string of the molecule is C=CCCC1CCC(C2(C3C4C=C(C(C)(C)C)C=CC4C4C=CC(C(C)(C)C)=CC43)CCCCCC2)C1. The van der Waals surface area contributed by atoms with Crippen LogP contribution in [0.3, 0.4) is 0 Å². The maximum absolute atomic E-state index is 4.04. The molecule has 0 aromatic heterocycles. The summed E-state index contributed by atoms with van der Waals surface area (Å²) in [7, 11) is 0. The maximum atomic E-state index is 4.04. The van der Waals surface area contributed by atoms with Crippen LogP contribution < -0.4 is 0 Å². The molecule has 0 spiro atoms. The smallest absolute Gasteiger partial charge is 0.00952 e. The summed E-state index contributed by atoms with van der Waals surface area (Å²) in [6, 6.07) is 0. The van der Waals surface area contributed by atoms with Gasteiger partial charge in [-0.25, -0.2) is 0 Å². The van der Waals surface area contributed by atoms with Gasteiger partial charge < -0.3 is 0 Å². The normalized spacial score (nSPS) is 37.4. The fourth-order valence-electron chi connectivity index (χ4n) is 9.53. The molecule has 0 aromatic carbocycles. The minimum atomic E-state index is 0.224. The van der Waals surface area contributed by atoms with Crippen LogP contribution in [0.2, 0.25) is 0 Å². The summed E-state index contributed by atoms with van der Waals surface area (Å²) >= 11 is 0. The third-order valence-electron chi connectivity index (χ3n) is 11.5. The third kappa shape index (κ3) is 5.17. The van der Waals surface area contributed by atoms with Crippen molar-refractivity contribution in [2.75, 3.05) is 0 Å². The van der Waals surface area contributed by atoms with Crippen LogP contribution in [0.5, 0.6) is 0 Å². The van der Waals surface area contributed by atoms with Gasteiger partial charge in [0.05, 0.1) is 0 Å². The average molecular weight is 501 g/mol. The van der Waals surface area contributed by atoms with E-state index >= 15 is 0 Å². The molecule has 0 nitrogen and oxygen atoms in total. The molecule has 0 amide bonds. The predicted molar refractivity (Wildman–Crippen MR) is 161 cm³/mol. The summed E-state index contributed by atoms with van der Waals surface area (Å²) in [4.78, 5) is 0. The van der Waals surface area contributed by atoms with Gasteiger partial charge in [-0.2, -0.15) is 0 Å². The van der Waals surface area contributed by atoms with E-state index in [9.17, 15) is 0 Å². The van der Waals surface area contributed by atoms with E-state index in [1.54, 1.807) is 11.1 Å². The predicted octanol–water partition coefficient (Wildman–Crippen LogP) is 10.9. The van der Waals surface area contributed by atoms with Crippen LogP contribution in [-0.4, -0.2) is 0 Å². The molecule has 3 fully saturated rings. The molecule has 0 saturated heterocycles. The van der Waals surface area contributed by atoms with Crippen LogP contribution in [0, 0.1) is 57.7 Å². The average Bonchev–Trinajstić information content (AvgIpc) is 3.37. The summed E-state index contributed by atoms with van der Waals surface area (Å²) in [5, 5.41) is 0. The molecule has 0 bridgehead atoms. The number of hydrogen-bond donors (Lipinski definition) is 0. The topological polar surface area (TPSA) is 0 Å². The van der Waals surface area contributed by atoms with Crippen LogP contribution in [0.25, 0.3) is 0 Å². The highest BCUT2D eigenvalue weighted by Gasteiger charge is 2.59. The van der Waals surface area contributed by atoms with E-state index in [1.165, 1.54) is 70.6 Å². The van der Waals surface area contributed by atoms with Gasteiger partial charge in [0, 0.05) is 0 Å². The third-order valence-corrected chi connectivity index (χ3v) is 11.5. The van der Waals surface area contributed by atoms with E-state index in [4.69, 9.17) is 0 Å². The Bertz CT molecular complexity index is 893. The molecule has 204 valence electrons. The molecule has 5 aliphatic rings. The lowest BCUT2D eigenvalue weighted by atomic mass is 9.55. The number of hydrogen-bond acceptors (Lipinski definition) is 0. The second-order valence-electron chi connectivity index (χ2n) is 15.7. The van der Waals surface area contributed by atoms with Crippen molar-refractivity contribution in [2.45, 2.75) is 112 Å². The molecule has 5 aliphatic carbocycles. The molecule has 3 saturated carbocycles. The summed E-state index contributed by atoms with van der Waals surface area (Å²) in [5.74, 6) is 5.36. The molecule has 0 heteroatoms. The van der Waals surface area contributed by atoms with Crippen molar-refractivity contribution in [3.63, 3.8) is 0 Å². The minimum Gasteiger partial charge on any atom is -0.103 e. The van der Waals surface area contributed by atoms with Crippen LogP contribution in [-0.2, 0) is 0 Å². The van der Waals surface area contributed by atoms with Crippen molar-refractivity contribution in [3.8, 4) is 0 Å². The van der Waals surface area contributed by atoms with E-state index in [0.29, 0.717) is 29.1 Å². The second-order valence-corrected chi connectivity index (χ2v) is 15.7. The van der Waals surface area contributed by atoms with Crippen molar-refractivity contribution >= 4 is 0 Å². The first-order chi connectivity index (χ1) is 17.5. The van der Waals surface area contributed by atoms with Gasteiger partial charge in [0.1, 0.15) is 0 Å². The maximum Gasteiger partial charge on any atom is -0.00952 e. The molecule has 0 aromatic rings. The van der Waals surface area contributed by atoms with Gasteiger partial charge in [-0.15, -0.1) is 6.58 Å². The lowest BCUT2D eigenvalue weighted by Crippen LogP contribution is -2.42. The molecule has 5 rings (SSSR count). The van der Waals surface area contributed by atoms with Crippen molar-refractivity contribution in [3.05, 3.63) is 60.3 Å². The first kappa shape index (κ1) is 27.3. The first-order valence-electron chi connectivity index (χ1n) is 16.0. The zero-order chi connectivity index (χ0) is 26.4. The van der Waals surface area contributed by atoms with Crippen LogP contribution >= 0.6 is 0 Å². The zero-order valence-electron chi connectivity index (χ0n) is 25.1. The largest absolute Gasteiger partial charge is 0.103 e. The van der Waals surface area contributed by atoms with Crippen molar-refractivity contribution in [1.82, 2.24) is 0 Å². The van der Waals surface area contributed by atoms with Crippen LogP contribution in [0.1, 0.15) is 112 Å². The number of rotatable bonds is 5. The molecule has 6 atom stereocenters. The summed E-state index contributed by atoms with van der Waals surface area (Å²) in [6.45, 7) is 18.5. The fourth-order valence-corrected chi connectivity index (χ4v) is 9.53. The molecule has 0 N–H and O–H groups in total. The standard InChI is InChI=1S/C37H56/c1-8-9-14-26-15-16-29(23-26)37(21-12-10-11-13-22-37)34-32-24-27(35(2,3)4)17-19-30(32)31-20-18-28(25-33(31)34)36(5,6)7/h8,17-20,24-26,29-34H,1,9-16,21-23H2,2-7H3. The van der Waals surface area contributed by atoms with Gasteiger partial charge in [0.2, 0.25) is 0 Å². The lowest BCUT2D eigenvalue weighted by Gasteiger charge is -2.49. The van der Waals surface area contributed by atoms with Crippen molar-refractivity contribution < 1.29 is 0 Å². The Hall–Kier alpha value is -1.30. The summed E-state index contributed by atoms with van der Waals surface area (Å²) < 4.78 is 0. The van der Waals surface area contributed by atoms with Gasteiger partial charge in [-0.3, -0.25) is 0 Å². The van der Waals surface area contributed by atoms with Crippen molar-refractivity contribution in [1.29, 1.82) is 0 Å². The summed E-state index contributed by atoms with van der Waals surface area (Å²) in [6.07, 6.45) is 33.9. The van der Waals surface area contributed by atoms with Gasteiger partial charge in [-0.1, -0.05) is 116 Å². The lowest BCUT2D eigenvalue weighted by molar-refractivity contribution is 0.0154. The molecule has 6 unspecified atom stereocenters. The van der Waals surface area contributed by atoms with E-state index in [-0.39, 0.29) is 10.8 Å². The Morgan fingerprint density at radius 2 is 1.32 bits per heavy atom. The van der Waals surface area contributed by atoms with Crippen LogP contribution in [0.4, 0.5) is 0 Å². The molecule has 0 heterocycles. The zero-order valence-corrected chi connectivity index (χ0v) is 25.1. The summed E-state index contributed by atoms with van der Waals surface area (Å²) in [5.41, 5.74) is 4.13. The van der Waals surface area contributed by atoms with Gasteiger partial charge in [0.25, 0.3) is 0 Å². The van der Waals surface area contributed by atoms with E-state index < -0.39 is 0 Å². The highest BCUT2D eigenvalue weighted by molar-refractivity contribution is 5.39. The Kier molecular flexibility index (Phi) is 7.63.